The molecule has 0 aromatic rings. The number of allylic oxidation sites excluding steroid dienone is 1. The van der Waals surface area contributed by atoms with Gasteiger partial charge < -0.3 is 4.74 Å². The van der Waals surface area contributed by atoms with Crippen LogP contribution in [0.5, 0.6) is 0 Å². The van der Waals surface area contributed by atoms with Crippen molar-refractivity contribution in [1.29, 1.82) is 0 Å². The van der Waals surface area contributed by atoms with E-state index in [1.54, 1.807) is 0 Å². The molecule has 1 heterocycles. The Morgan fingerprint density at radius 3 is 2.11 bits per heavy atom. The van der Waals surface area contributed by atoms with Crippen LogP contribution in [0.4, 0.5) is 0 Å². The highest BCUT2D eigenvalue weighted by Crippen LogP contribution is 2.34. The zero-order chi connectivity index (χ0) is 7.02. The number of carbonyl (C=O) groups is 1. The van der Waals surface area contributed by atoms with Crippen molar-refractivity contribution in [1.82, 2.24) is 0 Å². The van der Waals surface area contributed by atoms with Crippen LogP contribution in [0.25, 0.3) is 0 Å². The van der Waals surface area contributed by atoms with Crippen molar-refractivity contribution in [3.8, 4) is 0 Å². The molecule has 0 saturated carbocycles. The van der Waals surface area contributed by atoms with E-state index in [-0.39, 0.29) is 5.76 Å². The first-order valence-corrected chi connectivity index (χ1v) is 2.54. The Balaban J connectivity index is 2.77. The van der Waals surface area contributed by atoms with Crippen molar-refractivity contribution >= 4 is 21.7 Å². The zero-order valence-corrected chi connectivity index (χ0v) is 4.83. The van der Waals surface area contributed by atoms with Gasteiger partial charge in [0.2, 0.25) is 0 Å². The van der Waals surface area contributed by atoms with Crippen molar-refractivity contribution in [3.63, 3.8) is 0 Å². The summed E-state index contributed by atoms with van der Waals surface area (Å²) in [7, 11) is 10.6. The van der Waals surface area contributed by atoms with Gasteiger partial charge in [0, 0.05) is 5.82 Å². The molecule has 4 heteroatoms. The van der Waals surface area contributed by atoms with Crippen molar-refractivity contribution < 1.29 is 9.53 Å². The highest BCUT2D eigenvalue weighted by Gasteiger charge is 2.31. The molecule has 1 aliphatic rings. The summed E-state index contributed by atoms with van der Waals surface area (Å²) in [6.07, 6.45) is 0. The van der Waals surface area contributed by atoms with E-state index >= 15 is 0 Å². The number of hydrogen-bond acceptors (Lipinski definition) is 2. The maximum atomic E-state index is 10.5. The predicted molar refractivity (Wildman–Crippen MR) is 34.2 cm³/mol. The van der Waals surface area contributed by atoms with Gasteiger partial charge in [0.05, 0.1) is 21.5 Å². The maximum Gasteiger partial charge on any atom is 0.305 e. The monoisotopic (exact) mass is 118 g/mol. The van der Waals surface area contributed by atoms with Gasteiger partial charge in [0.25, 0.3) is 0 Å². The molecule has 0 bridgehead atoms. The van der Waals surface area contributed by atoms with Crippen molar-refractivity contribution in [2.75, 3.05) is 0 Å². The molecule has 0 N–H and O–H groups in total. The third-order valence-electron chi connectivity index (χ3n) is 1.26. The normalized spacial score (nSPS) is 34.7. The Kier molecular flexibility index (Phi) is 1.39. The minimum Gasteiger partial charge on any atom is -0.433 e. The number of hydrogen-bond donors (Lipinski definition) is 0. The maximum absolute atomic E-state index is 10.5. The van der Waals surface area contributed by atoms with E-state index < -0.39 is 17.6 Å². The quantitative estimate of drug-likeness (QED) is 0.329. The average molecular weight is 118 g/mol. The first-order valence-electron chi connectivity index (χ1n) is 2.54. The van der Waals surface area contributed by atoms with Crippen LogP contribution in [0.1, 0.15) is 0 Å². The number of rotatable bonds is 0. The molecule has 0 spiro atoms. The van der Waals surface area contributed by atoms with Crippen LogP contribution in [0.3, 0.4) is 0 Å². The summed E-state index contributed by atoms with van der Waals surface area (Å²) in [6, 6.07) is 0. The second-order valence-corrected chi connectivity index (χ2v) is 1.94. The molecule has 0 aliphatic carbocycles. The fourth-order valence-corrected chi connectivity index (χ4v) is 0.612. The SMILES string of the molecule is [B]C1C(=C)OC(=O)C1[B]. The molecular weight excluding hydrogens is 114 g/mol. The van der Waals surface area contributed by atoms with Crippen LogP contribution >= 0.6 is 0 Å². The fraction of sp³-hybridized carbons (Fsp3) is 0.400. The third-order valence-corrected chi connectivity index (χ3v) is 1.26. The Bertz CT molecular complexity index is 148. The zero-order valence-electron chi connectivity index (χ0n) is 4.83. The minimum atomic E-state index is -0.725. The van der Waals surface area contributed by atoms with Crippen molar-refractivity contribution in [3.05, 3.63) is 12.3 Å². The first kappa shape index (κ1) is 6.46. The lowest BCUT2D eigenvalue weighted by Gasteiger charge is -2.00. The summed E-state index contributed by atoms with van der Waals surface area (Å²) >= 11 is 0. The molecule has 4 radical (unpaired) electrons. The highest BCUT2D eigenvalue weighted by molar-refractivity contribution is 6.31. The van der Waals surface area contributed by atoms with Gasteiger partial charge in [-0.25, -0.2) is 0 Å². The highest BCUT2D eigenvalue weighted by atomic mass is 16.5. The standard InChI is InChI=1S/C5H4B2O2/c1-2-3(6)4(7)5(8)9-2/h3-4H,1H2. The Hall–Kier alpha value is -0.660. The number of carbonyl (C=O) groups excluding carboxylic acids is 1. The summed E-state index contributed by atoms with van der Waals surface area (Å²) < 4.78 is 4.50. The molecule has 0 amide bonds. The minimum absolute atomic E-state index is 0.257. The van der Waals surface area contributed by atoms with Crippen molar-refractivity contribution in [2.24, 2.45) is 0 Å². The molecule has 2 unspecified atom stereocenters. The molecule has 42 valence electrons. The molecule has 2 nitrogen and oxygen atoms in total. The van der Waals surface area contributed by atoms with Crippen LogP contribution in [0.2, 0.25) is 11.6 Å². The van der Waals surface area contributed by atoms with Gasteiger partial charge in [-0.15, -0.1) is 0 Å². The predicted octanol–water partition coefficient (Wildman–Crippen LogP) is -0.0291. The molecule has 1 saturated heterocycles. The molecule has 0 aromatic heterocycles. The average Bonchev–Trinajstić information content (AvgIpc) is 1.98. The Morgan fingerprint density at radius 1 is 1.44 bits per heavy atom. The lowest BCUT2D eigenvalue weighted by atomic mass is 9.68. The first-order chi connectivity index (χ1) is 4.13. The van der Waals surface area contributed by atoms with Crippen LogP contribution in [0, 0.1) is 0 Å². The molecule has 1 rings (SSSR count). The van der Waals surface area contributed by atoms with Gasteiger partial charge in [0.15, 0.2) is 0 Å². The number of ether oxygens (including phenoxy) is 1. The molecule has 0 aromatic carbocycles. The van der Waals surface area contributed by atoms with Gasteiger partial charge >= 0.3 is 5.97 Å². The summed E-state index contributed by atoms with van der Waals surface area (Å²) in [6.45, 7) is 3.39. The summed E-state index contributed by atoms with van der Waals surface area (Å²) in [5, 5.41) is 0. The van der Waals surface area contributed by atoms with Crippen LogP contribution < -0.4 is 0 Å². The van der Waals surface area contributed by atoms with E-state index in [9.17, 15) is 4.79 Å². The second kappa shape index (κ2) is 1.94. The lowest BCUT2D eigenvalue weighted by molar-refractivity contribution is -0.135. The van der Waals surface area contributed by atoms with Crippen molar-refractivity contribution in [2.45, 2.75) is 11.6 Å². The van der Waals surface area contributed by atoms with E-state index in [0.29, 0.717) is 0 Å². The van der Waals surface area contributed by atoms with Gasteiger partial charge in [-0.1, -0.05) is 6.58 Å². The van der Waals surface area contributed by atoms with E-state index in [0.717, 1.165) is 0 Å². The van der Waals surface area contributed by atoms with Crippen LogP contribution in [-0.2, 0) is 9.53 Å². The second-order valence-electron chi connectivity index (χ2n) is 1.94. The molecular formula is C5H4B2O2. The smallest absolute Gasteiger partial charge is 0.305 e. The van der Waals surface area contributed by atoms with E-state index in [1.165, 1.54) is 0 Å². The van der Waals surface area contributed by atoms with Gasteiger partial charge in [-0.3, -0.25) is 4.79 Å². The molecule has 1 fully saturated rings. The Labute approximate surface area is 56.1 Å². The molecule has 1 aliphatic heterocycles. The fourth-order valence-electron chi connectivity index (χ4n) is 0.612. The number of esters is 1. The molecule has 9 heavy (non-hydrogen) atoms. The largest absolute Gasteiger partial charge is 0.433 e. The lowest BCUT2D eigenvalue weighted by Crippen LogP contribution is -2.03. The van der Waals surface area contributed by atoms with E-state index in [2.05, 4.69) is 11.3 Å². The van der Waals surface area contributed by atoms with Gasteiger partial charge in [-0.2, -0.15) is 0 Å². The van der Waals surface area contributed by atoms with Gasteiger partial charge in [0.1, 0.15) is 0 Å². The summed E-state index contributed by atoms with van der Waals surface area (Å²) in [4.78, 5) is 10.5. The van der Waals surface area contributed by atoms with Crippen LogP contribution in [-0.4, -0.2) is 21.7 Å². The van der Waals surface area contributed by atoms with E-state index in [4.69, 9.17) is 15.7 Å². The third kappa shape index (κ3) is 0.889. The molecule has 2 atom stereocenters. The topological polar surface area (TPSA) is 26.3 Å². The van der Waals surface area contributed by atoms with E-state index in [1.807, 2.05) is 0 Å². The summed E-state index contributed by atoms with van der Waals surface area (Å²) in [5.41, 5.74) is 0. The summed E-state index contributed by atoms with van der Waals surface area (Å²) in [5.74, 6) is -1.49. The van der Waals surface area contributed by atoms with Crippen LogP contribution in [0.15, 0.2) is 12.3 Å². The Morgan fingerprint density at radius 2 is 2.00 bits per heavy atom. The van der Waals surface area contributed by atoms with Gasteiger partial charge in [-0.05, 0) is 5.82 Å². The number of cyclic esters (lactones) is 1.